The Balaban J connectivity index is 1.36. The number of amides is 2. The number of aromatic nitrogens is 4. The third-order valence-corrected chi connectivity index (χ3v) is 4.86. The van der Waals surface area contributed by atoms with Gasteiger partial charge in [-0.25, -0.2) is 4.98 Å². The third-order valence-electron chi connectivity index (χ3n) is 3.93. The summed E-state index contributed by atoms with van der Waals surface area (Å²) in [5.74, 6) is 0.505. The third kappa shape index (κ3) is 4.61. The molecule has 9 nitrogen and oxygen atoms in total. The Morgan fingerprint density at radius 3 is 2.72 bits per heavy atom. The zero-order valence-electron chi connectivity index (χ0n) is 15.4. The summed E-state index contributed by atoms with van der Waals surface area (Å²) < 4.78 is 6.07. The van der Waals surface area contributed by atoms with Crippen molar-refractivity contribution >= 4 is 44.2 Å². The van der Waals surface area contributed by atoms with E-state index < -0.39 is 0 Å². The van der Waals surface area contributed by atoms with Crippen LogP contribution in [0.3, 0.4) is 0 Å². The van der Waals surface area contributed by atoms with Gasteiger partial charge in [-0.05, 0) is 30.3 Å². The van der Waals surface area contributed by atoms with Crippen LogP contribution < -0.4 is 10.6 Å². The van der Waals surface area contributed by atoms with Gasteiger partial charge in [0.25, 0.3) is 0 Å². The number of hydrogen-bond acceptors (Lipinski definition) is 8. The molecule has 0 aliphatic rings. The molecular formula is C19H16N6O3S. The lowest BCUT2D eigenvalue weighted by atomic mass is 10.2. The molecule has 29 heavy (non-hydrogen) atoms. The Bertz CT molecular complexity index is 1170. The molecule has 0 aliphatic heterocycles. The maximum atomic E-state index is 12.3. The SMILES string of the molecule is CC(=O)Nc1ccc2nc(NC(=O)CCc3nc(-c4ccncc4)no3)sc2c1. The van der Waals surface area contributed by atoms with Gasteiger partial charge in [-0.1, -0.05) is 16.5 Å². The molecule has 0 unspecified atom stereocenters. The van der Waals surface area contributed by atoms with Crippen LogP contribution in [0, 0.1) is 0 Å². The molecule has 0 fully saturated rings. The zero-order valence-corrected chi connectivity index (χ0v) is 16.2. The van der Waals surface area contributed by atoms with E-state index in [9.17, 15) is 9.59 Å². The number of aryl methyl sites for hydroxylation is 1. The van der Waals surface area contributed by atoms with Gasteiger partial charge in [0.2, 0.25) is 23.5 Å². The van der Waals surface area contributed by atoms with Gasteiger partial charge < -0.3 is 15.2 Å². The van der Waals surface area contributed by atoms with E-state index >= 15 is 0 Å². The number of benzene rings is 1. The monoisotopic (exact) mass is 408 g/mol. The number of rotatable bonds is 6. The van der Waals surface area contributed by atoms with Gasteiger partial charge in [0.1, 0.15) is 0 Å². The van der Waals surface area contributed by atoms with Crippen molar-refractivity contribution in [1.82, 2.24) is 20.1 Å². The van der Waals surface area contributed by atoms with Gasteiger partial charge in [0.05, 0.1) is 10.2 Å². The van der Waals surface area contributed by atoms with Crippen molar-refractivity contribution in [3.05, 3.63) is 48.6 Å². The van der Waals surface area contributed by atoms with Crippen LogP contribution in [0.5, 0.6) is 0 Å². The second-order valence-corrected chi connectivity index (χ2v) is 7.21. The Kier molecular flexibility index (Phi) is 5.25. The van der Waals surface area contributed by atoms with Crippen molar-refractivity contribution in [2.75, 3.05) is 10.6 Å². The van der Waals surface area contributed by atoms with E-state index in [2.05, 4.69) is 30.7 Å². The van der Waals surface area contributed by atoms with E-state index in [-0.39, 0.29) is 18.2 Å². The molecule has 0 radical (unpaired) electrons. The van der Waals surface area contributed by atoms with Crippen molar-refractivity contribution in [3.8, 4) is 11.4 Å². The summed E-state index contributed by atoms with van der Waals surface area (Å²) in [6, 6.07) is 8.96. The number of carbonyl (C=O) groups excluding carboxylic acids is 2. The van der Waals surface area contributed by atoms with Crippen molar-refractivity contribution in [1.29, 1.82) is 0 Å². The van der Waals surface area contributed by atoms with Gasteiger partial charge in [-0.2, -0.15) is 4.98 Å². The molecule has 10 heteroatoms. The first-order chi connectivity index (χ1) is 14.1. The lowest BCUT2D eigenvalue weighted by molar-refractivity contribution is -0.116. The van der Waals surface area contributed by atoms with Crippen molar-refractivity contribution < 1.29 is 14.1 Å². The maximum Gasteiger partial charge on any atom is 0.227 e. The molecule has 3 aromatic heterocycles. The van der Waals surface area contributed by atoms with Crippen molar-refractivity contribution in [2.24, 2.45) is 0 Å². The summed E-state index contributed by atoms with van der Waals surface area (Å²) in [7, 11) is 0. The summed E-state index contributed by atoms with van der Waals surface area (Å²) >= 11 is 1.34. The van der Waals surface area contributed by atoms with E-state index in [1.807, 2.05) is 6.07 Å². The second-order valence-electron chi connectivity index (χ2n) is 6.18. The molecule has 3 heterocycles. The Hall–Kier alpha value is -3.66. The smallest absolute Gasteiger partial charge is 0.227 e. The molecule has 4 rings (SSSR count). The fourth-order valence-corrected chi connectivity index (χ4v) is 3.56. The largest absolute Gasteiger partial charge is 0.339 e. The molecule has 0 saturated heterocycles. The van der Waals surface area contributed by atoms with Crippen LogP contribution >= 0.6 is 11.3 Å². The average Bonchev–Trinajstić information content (AvgIpc) is 3.33. The maximum absolute atomic E-state index is 12.3. The Labute approximate surface area is 169 Å². The molecule has 4 aromatic rings. The highest BCUT2D eigenvalue weighted by Crippen LogP contribution is 2.28. The minimum absolute atomic E-state index is 0.143. The van der Waals surface area contributed by atoms with E-state index in [1.165, 1.54) is 18.3 Å². The quantitative estimate of drug-likeness (QED) is 0.502. The fourth-order valence-electron chi connectivity index (χ4n) is 2.64. The van der Waals surface area contributed by atoms with Crippen LogP contribution in [-0.2, 0) is 16.0 Å². The number of thiazole rings is 1. The van der Waals surface area contributed by atoms with Gasteiger partial charge >= 0.3 is 0 Å². The molecule has 2 N–H and O–H groups in total. The van der Waals surface area contributed by atoms with Crippen LogP contribution in [0.4, 0.5) is 10.8 Å². The Morgan fingerprint density at radius 1 is 1.10 bits per heavy atom. The van der Waals surface area contributed by atoms with Gasteiger partial charge in [-0.3, -0.25) is 14.6 Å². The highest BCUT2D eigenvalue weighted by molar-refractivity contribution is 7.22. The highest BCUT2D eigenvalue weighted by Gasteiger charge is 2.12. The molecule has 0 spiro atoms. The molecule has 0 aliphatic carbocycles. The number of carbonyl (C=O) groups is 2. The topological polar surface area (TPSA) is 123 Å². The average molecular weight is 408 g/mol. The molecule has 146 valence electrons. The summed E-state index contributed by atoms with van der Waals surface area (Å²) in [5, 5.41) is 9.92. The first-order valence-corrected chi connectivity index (χ1v) is 9.59. The zero-order chi connectivity index (χ0) is 20.2. The molecule has 0 bridgehead atoms. The minimum atomic E-state index is -0.199. The van der Waals surface area contributed by atoms with Crippen LogP contribution in [0.15, 0.2) is 47.2 Å². The number of nitrogens with one attached hydrogen (secondary N) is 2. The number of fused-ring (bicyclic) bond motifs is 1. The molecule has 2 amide bonds. The summed E-state index contributed by atoms with van der Waals surface area (Å²) in [5.41, 5.74) is 2.23. The van der Waals surface area contributed by atoms with Crippen LogP contribution in [0.2, 0.25) is 0 Å². The van der Waals surface area contributed by atoms with Crippen molar-refractivity contribution in [3.63, 3.8) is 0 Å². The summed E-state index contributed by atoms with van der Waals surface area (Å²) in [6.07, 6.45) is 3.80. The minimum Gasteiger partial charge on any atom is -0.339 e. The standard InChI is InChI=1S/C19H16N6O3S/c1-11(26)21-13-2-3-14-15(10-13)29-19(22-14)23-16(27)4-5-17-24-18(25-28-17)12-6-8-20-9-7-12/h2-3,6-10H,4-5H2,1H3,(H,21,26)(H,22,23,27). The lowest BCUT2D eigenvalue weighted by Crippen LogP contribution is -2.12. The van der Waals surface area contributed by atoms with Gasteiger partial charge in [0.15, 0.2) is 5.13 Å². The van der Waals surface area contributed by atoms with E-state index in [1.54, 1.807) is 36.7 Å². The summed E-state index contributed by atoms with van der Waals surface area (Å²) in [4.78, 5) is 36.1. The van der Waals surface area contributed by atoms with E-state index in [4.69, 9.17) is 4.52 Å². The van der Waals surface area contributed by atoms with E-state index in [0.29, 0.717) is 29.0 Å². The number of hydrogen-bond donors (Lipinski definition) is 2. The van der Waals surface area contributed by atoms with Crippen LogP contribution in [-0.4, -0.2) is 31.9 Å². The van der Waals surface area contributed by atoms with Crippen LogP contribution in [0.1, 0.15) is 19.2 Å². The normalized spacial score (nSPS) is 10.8. The fraction of sp³-hybridized carbons (Fsp3) is 0.158. The van der Waals surface area contributed by atoms with Crippen molar-refractivity contribution in [2.45, 2.75) is 19.8 Å². The predicted molar refractivity (Wildman–Crippen MR) is 108 cm³/mol. The van der Waals surface area contributed by atoms with Crippen LogP contribution in [0.25, 0.3) is 21.6 Å². The van der Waals surface area contributed by atoms with Gasteiger partial charge in [-0.15, -0.1) is 0 Å². The molecular weight excluding hydrogens is 392 g/mol. The lowest BCUT2D eigenvalue weighted by Gasteiger charge is -1.99. The first-order valence-electron chi connectivity index (χ1n) is 8.78. The number of nitrogens with zero attached hydrogens (tertiary/aromatic N) is 4. The summed E-state index contributed by atoms with van der Waals surface area (Å²) in [6.45, 7) is 1.45. The second kappa shape index (κ2) is 8.15. The molecule has 0 saturated carbocycles. The molecule has 0 atom stereocenters. The number of anilines is 2. The van der Waals surface area contributed by atoms with Gasteiger partial charge in [0, 0.05) is 43.4 Å². The predicted octanol–water partition coefficient (Wildman–Crippen LogP) is 3.27. The van der Waals surface area contributed by atoms with E-state index in [0.717, 1.165) is 15.8 Å². The Morgan fingerprint density at radius 2 is 1.93 bits per heavy atom. The molecule has 1 aromatic carbocycles. The highest BCUT2D eigenvalue weighted by atomic mass is 32.1. The number of pyridine rings is 1. The first kappa shape index (κ1) is 18.7.